The van der Waals surface area contributed by atoms with Crippen LogP contribution in [0.3, 0.4) is 0 Å². The Morgan fingerprint density at radius 2 is 2.29 bits per heavy atom. The lowest BCUT2D eigenvalue weighted by Gasteiger charge is -2.16. The van der Waals surface area contributed by atoms with Gasteiger partial charge in [-0.1, -0.05) is 13.0 Å². The molecule has 2 unspecified atom stereocenters. The fraction of sp³-hybridized carbons (Fsp3) is 0.500. The molecule has 1 heterocycles. The van der Waals surface area contributed by atoms with Crippen LogP contribution in [0, 0.1) is 18.7 Å². The first-order valence-electron chi connectivity index (χ1n) is 6.05. The smallest absolute Gasteiger partial charge is 0.168 e. The molecule has 1 aromatic carbocycles. The van der Waals surface area contributed by atoms with E-state index in [-0.39, 0.29) is 23.6 Å². The lowest BCUT2D eigenvalue weighted by Crippen LogP contribution is -2.24. The monoisotopic (exact) mass is 236 g/mol. The van der Waals surface area contributed by atoms with Gasteiger partial charge >= 0.3 is 0 Å². The highest BCUT2D eigenvalue weighted by atomic mass is 19.1. The first kappa shape index (κ1) is 12.2. The Balaban J connectivity index is 2.27. The van der Waals surface area contributed by atoms with Crippen LogP contribution in [0.15, 0.2) is 18.2 Å². The van der Waals surface area contributed by atoms with Crippen molar-refractivity contribution >= 4 is 5.78 Å². The lowest BCUT2D eigenvalue weighted by atomic mass is 9.89. The summed E-state index contributed by atoms with van der Waals surface area (Å²) in [5, 5.41) is 0. The number of benzene rings is 1. The van der Waals surface area contributed by atoms with Crippen LogP contribution in [0.5, 0.6) is 0 Å². The standard InChI is InChI=1S/C14H17FO2/c1-3-13-11(6-7-17-13)14(16)12-8-10(15)5-4-9(12)2/h4-5,8,11,13H,3,6-7H2,1-2H3. The number of rotatable bonds is 3. The van der Waals surface area contributed by atoms with E-state index in [1.165, 1.54) is 12.1 Å². The van der Waals surface area contributed by atoms with Gasteiger partial charge in [-0.3, -0.25) is 4.79 Å². The molecule has 0 aromatic heterocycles. The number of hydrogen-bond acceptors (Lipinski definition) is 2. The van der Waals surface area contributed by atoms with E-state index in [2.05, 4.69) is 0 Å². The quantitative estimate of drug-likeness (QED) is 0.754. The highest BCUT2D eigenvalue weighted by molar-refractivity contribution is 5.99. The van der Waals surface area contributed by atoms with Gasteiger partial charge in [0.15, 0.2) is 5.78 Å². The second-order valence-corrected chi connectivity index (χ2v) is 4.54. The van der Waals surface area contributed by atoms with Crippen molar-refractivity contribution in [2.75, 3.05) is 6.61 Å². The minimum absolute atomic E-state index is 0.00910. The van der Waals surface area contributed by atoms with E-state index < -0.39 is 0 Å². The molecule has 92 valence electrons. The minimum Gasteiger partial charge on any atom is -0.377 e. The summed E-state index contributed by atoms with van der Waals surface area (Å²) in [6, 6.07) is 4.37. The molecule has 2 rings (SSSR count). The zero-order chi connectivity index (χ0) is 12.4. The van der Waals surface area contributed by atoms with Gasteiger partial charge in [-0.2, -0.15) is 0 Å². The molecule has 1 aromatic rings. The average Bonchev–Trinajstić information content (AvgIpc) is 2.79. The first-order chi connectivity index (χ1) is 8.13. The van der Waals surface area contributed by atoms with Crippen molar-refractivity contribution in [3.63, 3.8) is 0 Å². The van der Waals surface area contributed by atoms with Gasteiger partial charge in [0.05, 0.1) is 12.0 Å². The van der Waals surface area contributed by atoms with E-state index in [4.69, 9.17) is 4.74 Å². The van der Waals surface area contributed by atoms with Gasteiger partial charge in [0.25, 0.3) is 0 Å². The van der Waals surface area contributed by atoms with Gasteiger partial charge in [-0.25, -0.2) is 4.39 Å². The van der Waals surface area contributed by atoms with E-state index >= 15 is 0 Å². The molecule has 17 heavy (non-hydrogen) atoms. The fourth-order valence-electron chi connectivity index (χ4n) is 2.41. The van der Waals surface area contributed by atoms with Crippen LogP contribution in [0.25, 0.3) is 0 Å². The van der Waals surface area contributed by atoms with E-state index in [0.29, 0.717) is 12.2 Å². The molecule has 3 heteroatoms. The van der Waals surface area contributed by atoms with Gasteiger partial charge in [0, 0.05) is 12.2 Å². The fourth-order valence-corrected chi connectivity index (χ4v) is 2.41. The van der Waals surface area contributed by atoms with Crippen molar-refractivity contribution in [1.82, 2.24) is 0 Å². The van der Waals surface area contributed by atoms with Gasteiger partial charge in [0.2, 0.25) is 0 Å². The number of ether oxygens (including phenoxy) is 1. The molecule has 0 N–H and O–H groups in total. The van der Waals surface area contributed by atoms with Crippen LogP contribution in [-0.2, 0) is 4.74 Å². The molecule has 2 nitrogen and oxygen atoms in total. The summed E-state index contributed by atoms with van der Waals surface area (Å²) in [6.07, 6.45) is 1.56. The number of Topliss-reactive ketones (excluding diaryl/α,β-unsaturated/α-hetero) is 1. The van der Waals surface area contributed by atoms with Crippen LogP contribution >= 0.6 is 0 Å². The van der Waals surface area contributed by atoms with E-state index in [0.717, 1.165) is 18.4 Å². The molecule has 0 spiro atoms. The van der Waals surface area contributed by atoms with Crippen molar-refractivity contribution < 1.29 is 13.9 Å². The summed E-state index contributed by atoms with van der Waals surface area (Å²) in [6.45, 7) is 4.47. The number of carbonyl (C=O) groups is 1. The third-order valence-corrected chi connectivity index (χ3v) is 3.41. The van der Waals surface area contributed by atoms with Crippen LogP contribution in [0.2, 0.25) is 0 Å². The summed E-state index contributed by atoms with van der Waals surface area (Å²) < 4.78 is 18.7. The largest absolute Gasteiger partial charge is 0.377 e. The molecule has 1 saturated heterocycles. The number of aryl methyl sites for hydroxylation is 1. The second kappa shape index (κ2) is 4.96. The maximum absolute atomic E-state index is 13.2. The zero-order valence-electron chi connectivity index (χ0n) is 10.2. The highest BCUT2D eigenvalue weighted by Crippen LogP contribution is 2.28. The van der Waals surface area contributed by atoms with Gasteiger partial charge in [0.1, 0.15) is 5.82 Å². The molecule has 0 radical (unpaired) electrons. The van der Waals surface area contributed by atoms with Crippen molar-refractivity contribution in [2.24, 2.45) is 5.92 Å². The molecule has 0 bridgehead atoms. The molecule has 1 aliphatic rings. The number of halogens is 1. The molecule has 1 fully saturated rings. The Morgan fingerprint density at radius 3 is 3.00 bits per heavy atom. The Labute approximate surface area is 101 Å². The van der Waals surface area contributed by atoms with Crippen LogP contribution in [0.4, 0.5) is 4.39 Å². The molecule has 1 aliphatic heterocycles. The summed E-state index contributed by atoms with van der Waals surface area (Å²) in [5.74, 6) is -0.447. The van der Waals surface area contributed by atoms with E-state index in [1.54, 1.807) is 6.07 Å². The van der Waals surface area contributed by atoms with Crippen LogP contribution in [-0.4, -0.2) is 18.5 Å². The molecular weight excluding hydrogens is 219 g/mol. The Kier molecular flexibility index (Phi) is 3.57. The Morgan fingerprint density at radius 1 is 1.53 bits per heavy atom. The third-order valence-electron chi connectivity index (χ3n) is 3.41. The maximum atomic E-state index is 13.2. The first-order valence-corrected chi connectivity index (χ1v) is 6.05. The molecule has 0 saturated carbocycles. The van der Waals surface area contributed by atoms with Gasteiger partial charge in [-0.05, 0) is 37.5 Å². The Bertz CT molecular complexity index is 428. The summed E-state index contributed by atoms with van der Waals surface area (Å²) in [7, 11) is 0. The SMILES string of the molecule is CCC1OCCC1C(=O)c1cc(F)ccc1C. The van der Waals surface area contributed by atoms with Crippen molar-refractivity contribution in [3.05, 3.63) is 35.1 Å². The van der Waals surface area contributed by atoms with E-state index in [1.807, 2.05) is 13.8 Å². The van der Waals surface area contributed by atoms with Crippen LogP contribution < -0.4 is 0 Å². The zero-order valence-corrected chi connectivity index (χ0v) is 10.2. The van der Waals surface area contributed by atoms with Gasteiger partial charge in [-0.15, -0.1) is 0 Å². The molecule has 2 atom stereocenters. The predicted octanol–water partition coefficient (Wildman–Crippen LogP) is 3.13. The van der Waals surface area contributed by atoms with Crippen molar-refractivity contribution in [3.8, 4) is 0 Å². The third kappa shape index (κ3) is 2.39. The number of carbonyl (C=O) groups excluding carboxylic acids is 1. The Hall–Kier alpha value is -1.22. The van der Waals surface area contributed by atoms with Crippen LogP contribution in [0.1, 0.15) is 35.7 Å². The van der Waals surface area contributed by atoms with Crippen molar-refractivity contribution in [1.29, 1.82) is 0 Å². The summed E-state index contributed by atoms with van der Waals surface area (Å²) in [4.78, 5) is 12.3. The minimum atomic E-state index is -0.356. The van der Waals surface area contributed by atoms with E-state index in [9.17, 15) is 9.18 Å². The number of hydrogen-bond donors (Lipinski definition) is 0. The predicted molar refractivity (Wildman–Crippen MR) is 63.6 cm³/mol. The molecule has 0 aliphatic carbocycles. The topological polar surface area (TPSA) is 26.3 Å². The summed E-state index contributed by atoms with van der Waals surface area (Å²) in [5.41, 5.74) is 1.33. The second-order valence-electron chi connectivity index (χ2n) is 4.54. The normalized spacial score (nSPS) is 23.9. The highest BCUT2D eigenvalue weighted by Gasteiger charge is 2.33. The van der Waals surface area contributed by atoms with Crippen molar-refractivity contribution in [2.45, 2.75) is 32.8 Å². The summed E-state index contributed by atoms with van der Waals surface area (Å²) >= 11 is 0. The average molecular weight is 236 g/mol. The molecular formula is C14H17FO2. The van der Waals surface area contributed by atoms with Gasteiger partial charge < -0.3 is 4.74 Å². The molecule has 0 amide bonds. The maximum Gasteiger partial charge on any atom is 0.168 e. The number of ketones is 1. The lowest BCUT2D eigenvalue weighted by molar-refractivity contribution is 0.0688.